The van der Waals surface area contributed by atoms with Gasteiger partial charge in [-0.15, -0.1) is 0 Å². The Kier molecular flexibility index (Phi) is 8.30. The number of unbranched alkanes of at least 4 members (excludes halogenated alkanes) is 1. The van der Waals surface area contributed by atoms with Gasteiger partial charge in [0.25, 0.3) is 0 Å². The highest BCUT2D eigenvalue weighted by molar-refractivity contribution is 5.28. The minimum atomic E-state index is 0.791. The van der Waals surface area contributed by atoms with Gasteiger partial charge in [-0.3, -0.25) is 0 Å². The minimum absolute atomic E-state index is 0.791. The van der Waals surface area contributed by atoms with Crippen LogP contribution in [0.15, 0.2) is 6.20 Å². The van der Waals surface area contributed by atoms with Crippen molar-refractivity contribution in [2.75, 3.05) is 45.7 Å². The first-order chi connectivity index (χ1) is 9.63. The summed E-state index contributed by atoms with van der Waals surface area (Å²) in [7, 11) is 4.24. The van der Waals surface area contributed by atoms with E-state index in [0.29, 0.717) is 0 Å². The summed E-state index contributed by atoms with van der Waals surface area (Å²) in [5.74, 6) is 0.990. The Morgan fingerprint density at radius 3 is 2.80 bits per heavy atom. The molecule has 0 atom stereocenters. The number of imidazole rings is 1. The van der Waals surface area contributed by atoms with Crippen molar-refractivity contribution >= 4 is 5.95 Å². The SMILES string of the molecule is CCOCCCNc1nc(C)cn1CCCCN(C)C. The Bertz CT molecular complexity index is 363. The van der Waals surface area contributed by atoms with Gasteiger partial charge in [-0.05, 0) is 53.8 Å². The van der Waals surface area contributed by atoms with Crippen molar-refractivity contribution in [3.8, 4) is 0 Å². The van der Waals surface area contributed by atoms with E-state index < -0.39 is 0 Å². The first-order valence-electron chi connectivity index (χ1n) is 7.63. The van der Waals surface area contributed by atoms with E-state index in [2.05, 4.69) is 40.1 Å². The maximum atomic E-state index is 5.34. The number of hydrogen-bond donors (Lipinski definition) is 1. The predicted octanol–water partition coefficient (Wildman–Crippen LogP) is 2.37. The van der Waals surface area contributed by atoms with Crippen molar-refractivity contribution in [1.29, 1.82) is 0 Å². The first kappa shape index (κ1) is 17.0. The summed E-state index contributed by atoms with van der Waals surface area (Å²) in [6.07, 6.45) is 5.54. The van der Waals surface area contributed by atoms with E-state index in [0.717, 1.165) is 50.9 Å². The van der Waals surface area contributed by atoms with Crippen molar-refractivity contribution in [2.24, 2.45) is 0 Å². The Morgan fingerprint density at radius 2 is 2.10 bits per heavy atom. The van der Waals surface area contributed by atoms with Crippen molar-refractivity contribution < 1.29 is 4.74 Å². The molecule has 0 fully saturated rings. The third-order valence-corrected chi connectivity index (χ3v) is 3.10. The molecule has 0 unspecified atom stereocenters. The molecule has 5 heteroatoms. The Morgan fingerprint density at radius 1 is 1.30 bits per heavy atom. The van der Waals surface area contributed by atoms with E-state index in [1.165, 1.54) is 12.8 Å². The van der Waals surface area contributed by atoms with Gasteiger partial charge >= 0.3 is 0 Å². The third-order valence-electron chi connectivity index (χ3n) is 3.10. The summed E-state index contributed by atoms with van der Waals surface area (Å²) in [5.41, 5.74) is 1.07. The molecule has 116 valence electrons. The molecule has 1 N–H and O–H groups in total. The average molecular weight is 282 g/mol. The summed E-state index contributed by atoms with van der Waals surface area (Å²) in [6, 6.07) is 0. The van der Waals surface area contributed by atoms with Crippen LogP contribution in [-0.2, 0) is 11.3 Å². The van der Waals surface area contributed by atoms with E-state index in [4.69, 9.17) is 4.74 Å². The van der Waals surface area contributed by atoms with Crippen LogP contribution in [0.2, 0.25) is 0 Å². The second-order valence-electron chi connectivity index (χ2n) is 5.39. The van der Waals surface area contributed by atoms with Crippen molar-refractivity contribution in [1.82, 2.24) is 14.5 Å². The van der Waals surface area contributed by atoms with Gasteiger partial charge in [-0.2, -0.15) is 0 Å². The van der Waals surface area contributed by atoms with Crippen LogP contribution in [0.5, 0.6) is 0 Å². The van der Waals surface area contributed by atoms with Gasteiger partial charge in [0.2, 0.25) is 5.95 Å². The van der Waals surface area contributed by atoms with Crippen LogP contribution in [0.25, 0.3) is 0 Å². The normalized spacial score (nSPS) is 11.2. The maximum absolute atomic E-state index is 5.34. The van der Waals surface area contributed by atoms with Crippen molar-refractivity contribution in [3.05, 3.63) is 11.9 Å². The summed E-state index contributed by atoms with van der Waals surface area (Å²) in [6.45, 7) is 8.76. The van der Waals surface area contributed by atoms with E-state index in [9.17, 15) is 0 Å². The highest BCUT2D eigenvalue weighted by Crippen LogP contribution is 2.10. The first-order valence-corrected chi connectivity index (χ1v) is 7.63. The molecule has 0 aliphatic carbocycles. The number of hydrogen-bond acceptors (Lipinski definition) is 4. The predicted molar refractivity (Wildman–Crippen MR) is 84.4 cm³/mol. The topological polar surface area (TPSA) is 42.3 Å². The number of aromatic nitrogens is 2. The van der Waals surface area contributed by atoms with Crippen LogP contribution in [0, 0.1) is 6.92 Å². The smallest absolute Gasteiger partial charge is 0.203 e. The average Bonchev–Trinajstić information content (AvgIpc) is 2.75. The molecule has 0 aromatic carbocycles. The van der Waals surface area contributed by atoms with Gasteiger partial charge in [0.05, 0.1) is 5.69 Å². The van der Waals surface area contributed by atoms with E-state index in [-0.39, 0.29) is 0 Å². The Balaban J connectivity index is 2.31. The number of aryl methyl sites for hydroxylation is 2. The maximum Gasteiger partial charge on any atom is 0.203 e. The highest BCUT2D eigenvalue weighted by Gasteiger charge is 2.04. The van der Waals surface area contributed by atoms with Crippen LogP contribution in [0.1, 0.15) is 31.9 Å². The molecule has 1 heterocycles. The fourth-order valence-corrected chi connectivity index (χ4v) is 2.09. The molecular weight excluding hydrogens is 252 g/mol. The fourth-order valence-electron chi connectivity index (χ4n) is 2.09. The molecule has 20 heavy (non-hydrogen) atoms. The molecule has 0 spiro atoms. The molecule has 0 radical (unpaired) electrons. The zero-order valence-corrected chi connectivity index (χ0v) is 13.5. The van der Waals surface area contributed by atoms with Gasteiger partial charge in [0.1, 0.15) is 0 Å². The van der Waals surface area contributed by atoms with Gasteiger partial charge in [0, 0.05) is 32.5 Å². The quantitative estimate of drug-likeness (QED) is 0.633. The largest absolute Gasteiger partial charge is 0.382 e. The minimum Gasteiger partial charge on any atom is -0.382 e. The van der Waals surface area contributed by atoms with E-state index >= 15 is 0 Å². The molecule has 0 saturated heterocycles. The molecular formula is C15H30N4O. The summed E-state index contributed by atoms with van der Waals surface area (Å²) < 4.78 is 7.56. The van der Waals surface area contributed by atoms with Gasteiger partial charge in [-0.25, -0.2) is 4.98 Å². The van der Waals surface area contributed by atoms with Crippen LogP contribution in [-0.4, -0.2) is 54.8 Å². The molecule has 5 nitrogen and oxygen atoms in total. The lowest BCUT2D eigenvalue weighted by Gasteiger charge is -2.11. The van der Waals surface area contributed by atoms with E-state index in [1.807, 2.05) is 13.8 Å². The zero-order chi connectivity index (χ0) is 14.8. The second-order valence-corrected chi connectivity index (χ2v) is 5.39. The summed E-state index contributed by atoms with van der Waals surface area (Å²) in [5, 5.41) is 3.40. The van der Waals surface area contributed by atoms with Crippen molar-refractivity contribution in [3.63, 3.8) is 0 Å². The number of anilines is 1. The monoisotopic (exact) mass is 282 g/mol. The van der Waals surface area contributed by atoms with Crippen LogP contribution < -0.4 is 5.32 Å². The number of rotatable bonds is 11. The van der Waals surface area contributed by atoms with Crippen molar-refractivity contribution in [2.45, 2.75) is 39.7 Å². The number of nitrogens with zero attached hydrogens (tertiary/aromatic N) is 3. The lowest BCUT2D eigenvalue weighted by Crippen LogP contribution is -2.14. The molecule has 1 aromatic heterocycles. The molecule has 1 aromatic rings. The van der Waals surface area contributed by atoms with Crippen LogP contribution in [0.3, 0.4) is 0 Å². The highest BCUT2D eigenvalue weighted by atomic mass is 16.5. The number of ether oxygens (including phenoxy) is 1. The molecule has 0 aliphatic heterocycles. The third kappa shape index (κ3) is 6.91. The fraction of sp³-hybridized carbons (Fsp3) is 0.800. The lowest BCUT2D eigenvalue weighted by molar-refractivity contribution is 0.147. The standard InChI is InChI=1S/C15H30N4O/c1-5-20-12-8-9-16-15-17-14(2)13-19(15)11-7-6-10-18(3)4/h13H,5-12H2,1-4H3,(H,16,17). The van der Waals surface area contributed by atoms with E-state index in [1.54, 1.807) is 0 Å². The zero-order valence-electron chi connectivity index (χ0n) is 13.5. The molecule has 0 saturated carbocycles. The summed E-state index contributed by atoms with van der Waals surface area (Å²) >= 11 is 0. The van der Waals surface area contributed by atoms with Gasteiger partial charge in [-0.1, -0.05) is 0 Å². The Labute approximate surface area is 123 Å². The Hall–Kier alpha value is -1.07. The van der Waals surface area contributed by atoms with Gasteiger partial charge in [0.15, 0.2) is 0 Å². The lowest BCUT2D eigenvalue weighted by atomic mass is 10.3. The van der Waals surface area contributed by atoms with Crippen LogP contribution >= 0.6 is 0 Å². The number of nitrogens with one attached hydrogen (secondary N) is 1. The molecule has 0 bridgehead atoms. The molecule has 0 amide bonds. The molecule has 1 rings (SSSR count). The second kappa shape index (κ2) is 9.77. The van der Waals surface area contributed by atoms with Gasteiger partial charge < -0.3 is 19.5 Å². The molecule has 0 aliphatic rings. The van der Waals surface area contributed by atoms with Crippen LogP contribution in [0.4, 0.5) is 5.95 Å². The summed E-state index contributed by atoms with van der Waals surface area (Å²) in [4.78, 5) is 6.77.